The van der Waals surface area contributed by atoms with Crippen molar-refractivity contribution < 1.29 is 8.42 Å². The number of aromatic nitrogens is 2. The molecule has 0 atom stereocenters. The van der Waals surface area contributed by atoms with Gasteiger partial charge in [-0.1, -0.05) is 18.2 Å². The van der Waals surface area contributed by atoms with Crippen molar-refractivity contribution in [1.29, 1.82) is 0 Å². The van der Waals surface area contributed by atoms with E-state index < -0.39 is 10.0 Å². The van der Waals surface area contributed by atoms with Crippen LogP contribution >= 0.6 is 0 Å². The molecule has 3 N–H and O–H groups in total. The van der Waals surface area contributed by atoms with Crippen LogP contribution < -0.4 is 15.4 Å². The maximum Gasteiger partial charge on any atom is 0.240 e. The summed E-state index contributed by atoms with van der Waals surface area (Å²) in [5, 5.41) is 10.3. The molecule has 0 saturated carbocycles. The van der Waals surface area contributed by atoms with Gasteiger partial charge in [-0.15, -0.1) is 0 Å². The van der Waals surface area contributed by atoms with Crippen molar-refractivity contribution in [2.75, 3.05) is 19.6 Å². The SMILES string of the molecule is CCNC(=NCc1ccnn1C)NCCNS(=O)(=O)c1ccccc1. The van der Waals surface area contributed by atoms with E-state index in [0.717, 1.165) is 5.69 Å². The second-order valence-electron chi connectivity index (χ2n) is 5.28. The van der Waals surface area contributed by atoms with Crippen LogP contribution in [0.5, 0.6) is 0 Å². The maximum atomic E-state index is 12.1. The summed E-state index contributed by atoms with van der Waals surface area (Å²) in [6.07, 6.45) is 1.73. The molecular formula is C16H24N6O2S. The summed E-state index contributed by atoms with van der Waals surface area (Å²) < 4.78 is 28.6. The molecule has 0 spiro atoms. The van der Waals surface area contributed by atoms with E-state index in [2.05, 4.69) is 25.4 Å². The molecule has 0 fully saturated rings. The van der Waals surface area contributed by atoms with Crippen LogP contribution in [0.15, 0.2) is 52.5 Å². The standard InChI is InChI=1S/C16H24N6O2S/c1-3-17-16(19-13-14-9-10-20-22(14)2)18-11-12-21-25(23,24)15-7-5-4-6-8-15/h4-10,21H,3,11-13H2,1-2H3,(H2,17,18,19). The Morgan fingerprint density at radius 3 is 2.56 bits per heavy atom. The average molecular weight is 364 g/mol. The van der Waals surface area contributed by atoms with Crippen molar-refractivity contribution in [3.05, 3.63) is 48.3 Å². The zero-order valence-electron chi connectivity index (χ0n) is 14.4. The van der Waals surface area contributed by atoms with Gasteiger partial charge in [0.05, 0.1) is 17.1 Å². The largest absolute Gasteiger partial charge is 0.357 e. The lowest BCUT2D eigenvalue weighted by Crippen LogP contribution is -2.41. The first kappa shape index (κ1) is 18.9. The molecule has 0 saturated heterocycles. The number of hydrogen-bond donors (Lipinski definition) is 3. The van der Waals surface area contributed by atoms with Gasteiger partial charge in [0.1, 0.15) is 0 Å². The predicted octanol–water partition coefficient (Wildman–Crippen LogP) is 0.454. The lowest BCUT2D eigenvalue weighted by atomic mass is 10.4. The minimum absolute atomic E-state index is 0.256. The Balaban J connectivity index is 1.84. The Morgan fingerprint density at radius 1 is 1.16 bits per heavy atom. The van der Waals surface area contributed by atoms with Gasteiger partial charge < -0.3 is 10.6 Å². The van der Waals surface area contributed by atoms with Gasteiger partial charge in [-0.05, 0) is 25.1 Å². The molecule has 25 heavy (non-hydrogen) atoms. The second kappa shape index (κ2) is 9.19. The van der Waals surface area contributed by atoms with E-state index in [1.54, 1.807) is 41.2 Å². The predicted molar refractivity (Wildman–Crippen MR) is 97.7 cm³/mol. The van der Waals surface area contributed by atoms with E-state index in [-0.39, 0.29) is 11.4 Å². The van der Waals surface area contributed by atoms with Crippen molar-refractivity contribution in [3.63, 3.8) is 0 Å². The van der Waals surface area contributed by atoms with Gasteiger partial charge in [0, 0.05) is 32.9 Å². The monoisotopic (exact) mass is 364 g/mol. The molecule has 2 rings (SSSR count). The number of hydrogen-bond acceptors (Lipinski definition) is 4. The van der Waals surface area contributed by atoms with Crippen LogP contribution in [0.2, 0.25) is 0 Å². The molecular weight excluding hydrogens is 340 g/mol. The van der Waals surface area contributed by atoms with Gasteiger partial charge in [0.15, 0.2) is 5.96 Å². The third-order valence-electron chi connectivity index (χ3n) is 3.43. The fourth-order valence-corrected chi connectivity index (χ4v) is 3.16. The summed E-state index contributed by atoms with van der Waals surface area (Å²) in [4.78, 5) is 4.72. The fraction of sp³-hybridized carbons (Fsp3) is 0.375. The Bertz CT molecular complexity index is 786. The highest BCUT2D eigenvalue weighted by molar-refractivity contribution is 7.89. The molecule has 0 radical (unpaired) electrons. The van der Waals surface area contributed by atoms with Gasteiger partial charge in [0.2, 0.25) is 10.0 Å². The van der Waals surface area contributed by atoms with Crippen LogP contribution in [0.1, 0.15) is 12.6 Å². The molecule has 1 heterocycles. The number of benzene rings is 1. The number of aliphatic imine (C=N–C) groups is 1. The van der Waals surface area contributed by atoms with E-state index in [1.165, 1.54) is 0 Å². The Hall–Kier alpha value is -2.39. The summed E-state index contributed by atoms with van der Waals surface area (Å²) in [6.45, 7) is 3.85. The van der Waals surface area contributed by atoms with E-state index in [0.29, 0.717) is 25.6 Å². The number of guanidine groups is 1. The van der Waals surface area contributed by atoms with E-state index in [1.807, 2.05) is 20.0 Å². The zero-order valence-corrected chi connectivity index (χ0v) is 15.3. The summed E-state index contributed by atoms with van der Waals surface area (Å²) in [5.41, 5.74) is 0.988. The normalized spacial score (nSPS) is 12.2. The molecule has 0 aliphatic heterocycles. The highest BCUT2D eigenvalue weighted by Gasteiger charge is 2.12. The highest BCUT2D eigenvalue weighted by atomic mass is 32.2. The van der Waals surface area contributed by atoms with Crippen molar-refractivity contribution in [3.8, 4) is 0 Å². The minimum Gasteiger partial charge on any atom is -0.357 e. The smallest absolute Gasteiger partial charge is 0.240 e. The Morgan fingerprint density at radius 2 is 1.92 bits per heavy atom. The minimum atomic E-state index is -3.49. The molecule has 1 aromatic heterocycles. The summed E-state index contributed by atoms with van der Waals surface area (Å²) in [5.74, 6) is 0.627. The van der Waals surface area contributed by atoms with Crippen LogP contribution in [0, 0.1) is 0 Å². The Kier molecular flexibility index (Phi) is 6.96. The molecule has 9 heteroatoms. The quantitative estimate of drug-likeness (QED) is 0.359. The number of rotatable bonds is 8. The van der Waals surface area contributed by atoms with Crippen LogP contribution in [-0.4, -0.2) is 43.8 Å². The molecule has 0 aliphatic rings. The van der Waals surface area contributed by atoms with Gasteiger partial charge in [-0.25, -0.2) is 18.1 Å². The van der Waals surface area contributed by atoms with Crippen molar-refractivity contribution in [2.45, 2.75) is 18.4 Å². The number of nitrogens with one attached hydrogen (secondary N) is 3. The van der Waals surface area contributed by atoms with Gasteiger partial charge in [0.25, 0.3) is 0 Å². The first-order valence-electron chi connectivity index (χ1n) is 8.06. The van der Waals surface area contributed by atoms with Crippen LogP contribution in [0.25, 0.3) is 0 Å². The molecule has 1 aromatic carbocycles. The molecule has 136 valence electrons. The van der Waals surface area contributed by atoms with Gasteiger partial charge in [-0.3, -0.25) is 4.68 Å². The summed E-state index contributed by atoms with van der Waals surface area (Å²) >= 11 is 0. The molecule has 8 nitrogen and oxygen atoms in total. The fourth-order valence-electron chi connectivity index (χ4n) is 2.11. The summed E-state index contributed by atoms with van der Waals surface area (Å²) in [6, 6.07) is 10.2. The third-order valence-corrected chi connectivity index (χ3v) is 4.91. The molecule has 2 aromatic rings. The Labute approximate surface area is 148 Å². The van der Waals surface area contributed by atoms with Gasteiger partial charge in [-0.2, -0.15) is 5.10 Å². The highest BCUT2D eigenvalue weighted by Crippen LogP contribution is 2.06. The first-order valence-corrected chi connectivity index (χ1v) is 9.55. The van der Waals surface area contributed by atoms with E-state index in [4.69, 9.17) is 0 Å². The number of sulfonamides is 1. The second-order valence-corrected chi connectivity index (χ2v) is 7.05. The van der Waals surface area contributed by atoms with E-state index >= 15 is 0 Å². The molecule has 0 bridgehead atoms. The number of nitrogens with zero attached hydrogens (tertiary/aromatic N) is 3. The number of aryl methyl sites for hydroxylation is 1. The van der Waals surface area contributed by atoms with Gasteiger partial charge >= 0.3 is 0 Å². The van der Waals surface area contributed by atoms with Crippen LogP contribution in [0.3, 0.4) is 0 Å². The maximum absolute atomic E-state index is 12.1. The van der Waals surface area contributed by atoms with Crippen molar-refractivity contribution in [1.82, 2.24) is 25.1 Å². The first-order chi connectivity index (χ1) is 12.0. The molecule has 0 unspecified atom stereocenters. The average Bonchev–Trinajstić information content (AvgIpc) is 3.02. The molecule has 0 aliphatic carbocycles. The van der Waals surface area contributed by atoms with Crippen LogP contribution in [-0.2, 0) is 23.6 Å². The topological polar surface area (TPSA) is 100 Å². The lowest BCUT2D eigenvalue weighted by Gasteiger charge is -2.12. The summed E-state index contributed by atoms with van der Waals surface area (Å²) in [7, 11) is -1.62. The van der Waals surface area contributed by atoms with E-state index in [9.17, 15) is 8.42 Å². The lowest BCUT2D eigenvalue weighted by molar-refractivity contribution is 0.580. The molecule has 0 amide bonds. The van der Waals surface area contributed by atoms with Crippen LogP contribution in [0.4, 0.5) is 0 Å². The van der Waals surface area contributed by atoms with Crippen molar-refractivity contribution in [2.24, 2.45) is 12.0 Å². The third kappa shape index (κ3) is 5.87. The van der Waals surface area contributed by atoms with Crippen molar-refractivity contribution >= 4 is 16.0 Å². The zero-order chi connectivity index (χ0) is 18.1.